The lowest BCUT2D eigenvalue weighted by atomic mass is 9.88. The summed E-state index contributed by atoms with van der Waals surface area (Å²) in [6.07, 6.45) is 5.73. The van der Waals surface area contributed by atoms with Crippen LogP contribution in [0.1, 0.15) is 48.5 Å². The third-order valence-electron chi connectivity index (χ3n) is 6.38. The molecule has 29 heavy (non-hydrogen) atoms. The van der Waals surface area contributed by atoms with E-state index in [4.69, 9.17) is 19.6 Å². The molecule has 0 saturated carbocycles. The van der Waals surface area contributed by atoms with E-state index < -0.39 is 13.9 Å². The van der Waals surface area contributed by atoms with Gasteiger partial charge in [-0.15, -0.1) is 0 Å². The van der Waals surface area contributed by atoms with Gasteiger partial charge in [0.1, 0.15) is 5.71 Å². The van der Waals surface area contributed by atoms with Crippen molar-refractivity contribution in [3.8, 4) is 0 Å². The van der Waals surface area contributed by atoms with Crippen molar-refractivity contribution in [1.29, 1.82) is 5.41 Å². The van der Waals surface area contributed by atoms with Crippen molar-refractivity contribution in [3.05, 3.63) is 24.8 Å². The van der Waals surface area contributed by atoms with E-state index in [2.05, 4.69) is 73.0 Å². The van der Waals surface area contributed by atoms with Gasteiger partial charge >= 0.3 is 0 Å². The predicted molar refractivity (Wildman–Crippen MR) is 128 cm³/mol. The molecular weight excluding hydrogens is 378 g/mol. The lowest BCUT2D eigenvalue weighted by molar-refractivity contribution is -0.0648. The largest absolute Gasteiger partial charge is 0.480 e. The summed E-state index contributed by atoms with van der Waals surface area (Å²) in [6, 6.07) is 0. The zero-order valence-corrected chi connectivity index (χ0v) is 21.3. The van der Waals surface area contributed by atoms with Gasteiger partial charge in [-0.2, -0.15) is 0 Å². The second kappa shape index (κ2) is 9.27. The first-order valence-electron chi connectivity index (χ1n) is 10.5. The molecule has 0 aromatic heterocycles. The molecule has 1 rings (SSSR count). The molecule has 0 amide bonds. The normalized spacial score (nSPS) is 20.4. The van der Waals surface area contributed by atoms with E-state index in [0.29, 0.717) is 12.3 Å². The molecule has 0 bridgehead atoms. The Hall–Kier alpha value is -1.24. The quantitative estimate of drug-likeness (QED) is 0.238. The van der Waals surface area contributed by atoms with Crippen LogP contribution in [-0.2, 0) is 9.16 Å². The number of rotatable bonds is 9. The van der Waals surface area contributed by atoms with Gasteiger partial charge in [0.05, 0.1) is 18.2 Å². The molecule has 1 saturated heterocycles. The average molecular weight is 422 g/mol. The maximum absolute atomic E-state index is 8.26. The SMILES string of the molecule is C=C/C=C\C(C)(N=C(CN1CC(C)(O[Si](C)(C)C(C)(C)C)C1)C(=N)OC)C(C)C. The molecule has 0 aromatic carbocycles. The fourth-order valence-electron chi connectivity index (χ4n) is 3.25. The number of allylic oxidation sites excluding steroid dienone is 2. The van der Waals surface area contributed by atoms with Crippen LogP contribution in [0.4, 0.5) is 0 Å². The van der Waals surface area contributed by atoms with Crippen LogP contribution in [0.15, 0.2) is 29.8 Å². The molecule has 1 aliphatic heterocycles. The smallest absolute Gasteiger partial charge is 0.228 e. The van der Waals surface area contributed by atoms with Crippen LogP contribution in [-0.4, -0.2) is 62.7 Å². The zero-order valence-electron chi connectivity index (χ0n) is 20.3. The highest BCUT2D eigenvalue weighted by Gasteiger charge is 2.48. The Morgan fingerprint density at radius 1 is 1.28 bits per heavy atom. The minimum atomic E-state index is -1.82. The minimum absolute atomic E-state index is 0.128. The summed E-state index contributed by atoms with van der Waals surface area (Å²) in [5, 5.41) is 8.45. The van der Waals surface area contributed by atoms with Crippen molar-refractivity contribution in [2.24, 2.45) is 10.9 Å². The molecule has 0 radical (unpaired) electrons. The van der Waals surface area contributed by atoms with Crippen LogP contribution in [0.2, 0.25) is 18.1 Å². The third-order valence-corrected chi connectivity index (χ3v) is 11.0. The first kappa shape index (κ1) is 25.8. The molecule has 1 heterocycles. The van der Waals surface area contributed by atoms with Crippen LogP contribution >= 0.6 is 0 Å². The van der Waals surface area contributed by atoms with Gasteiger partial charge in [0.15, 0.2) is 8.32 Å². The van der Waals surface area contributed by atoms with Crippen molar-refractivity contribution < 1.29 is 9.16 Å². The maximum atomic E-state index is 8.26. The molecule has 1 N–H and O–H groups in total. The van der Waals surface area contributed by atoms with Gasteiger partial charge in [0.2, 0.25) is 5.90 Å². The highest BCUT2D eigenvalue weighted by atomic mass is 28.4. The molecule has 5 nitrogen and oxygen atoms in total. The first-order chi connectivity index (χ1) is 13.1. The molecule has 1 aliphatic rings. The number of aliphatic imine (C=N–C) groups is 1. The zero-order chi connectivity index (χ0) is 22.7. The highest BCUT2D eigenvalue weighted by molar-refractivity contribution is 6.74. The van der Waals surface area contributed by atoms with Crippen molar-refractivity contribution >= 4 is 19.9 Å². The van der Waals surface area contributed by atoms with E-state index in [1.807, 2.05) is 12.2 Å². The Kier molecular flexibility index (Phi) is 8.25. The Morgan fingerprint density at radius 2 is 1.83 bits per heavy atom. The topological polar surface area (TPSA) is 57.9 Å². The van der Waals surface area contributed by atoms with E-state index in [-0.39, 0.29) is 22.5 Å². The van der Waals surface area contributed by atoms with Crippen LogP contribution < -0.4 is 0 Å². The summed E-state index contributed by atoms with van der Waals surface area (Å²) in [7, 11) is -0.286. The molecular formula is C23H43N3O2Si. The van der Waals surface area contributed by atoms with E-state index in [1.54, 1.807) is 6.08 Å². The van der Waals surface area contributed by atoms with Gasteiger partial charge in [-0.05, 0) is 37.9 Å². The van der Waals surface area contributed by atoms with Crippen molar-refractivity contribution in [1.82, 2.24) is 4.90 Å². The lowest BCUT2D eigenvalue weighted by Gasteiger charge is -2.53. The fraction of sp³-hybridized carbons (Fsp3) is 0.739. The summed E-state index contributed by atoms with van der Waals surface area (Å²) in [5.41, 5.74) is 0.125. The van der Waals surface area contributed by atoms with Gasteiger partial charge in [-0.25, -0.2) is 0 Å². The molecule has 0 aliphatic carbocycles. The molecule has 1 fully saturated rings. The fourth-order valence-corrected chi connectivity index (χ4v) is 4.91. The Labute approximate surface area is 179 Å². The number of ether oxygens (including phenoxy) is 1. The Bertz CT molecular complexity index is 656. The molecule has 0 spiro atoms. The van der Waals surface area contributed by atoms with Crippen LogP contribution in [0.25, 0.3) is 0 Å². The summed E-state index contributed by atoms with van der Waals surface area (Å²) in [4.78, 5) is 7.25. The van der Waals surface area contributed by atoms with E-state index in [0.717, 1.165) is 13.1 Å². The van der Waals surface area contributed by atoms with E-state index in [9.17, 15) is 0 Å². The predicted octanol–water partition coefficient (Wildman–Crippen LogP) is 5.30. The van der Waals surface area contributed by atoms with Crippen LogP contribution in [0, 0.1) is 11.3 Å². The maximum Gasteiger partial charge on any atom is 0.228 e. The number of nitrogens with zero attached hydrogens (tertiary/aromatic N) is 2. The average Bonchev–Trinajstić information content (AvgIpc) is 2.55. The highest BCUT2D eigenvalue weighted by Crippen LogP contribution is 2.41. The molecule has 0 aromatic rings. The summed E-state index contributed by atoms with van der Waals surface area (Å²) < 4.78 is 11.9. The summed E-state index contributed by atoms with van der Waals surface area (Å²) >= 11 is 0. The number of hydrogen-bond acceptors (Lipinski definition) is 5. The van der Waals surface area contributed by atoms with Gasteiger partial charge in [0.25, 0.3) is 0 Å². The van der Waals surface area contributed by atoms with Gasteiger partial charge < -0.3 is 9.16 Å². The van der Waals surface area contributed by atoms with Crippen molar-refractivity contribution in [2.45, 2.75) is 77.7 Å². The molecule has 166 valence electrons. The van der Waals surface area contributed by atoms with E-state index in [1.165, 1.54) is 7.11 Å². The second-order valence-electron chi connectivity index (χ2n) is 10.5. The number of likely N-dealkylation sites (tertiary alicyclic amines) is 1. The standard InChI is InChI=1S/C23H43N3O2Si/c1-12-13-14-23(8,18(2)3)25-19(20(24)27-9)15-26-16-22(7,17-26)28-29(10,11)21(4,5)6/h12-14,18,24H,1,15-17H2,2-11H3/b14-13-,24-20?,25-19?. The Morgan fingerprint density at radius 3 is 2.24 bits per heavy atom. The van der Waals surface area contributed by atoms with Gasteiger partial charge in [-0.3, -0.25) is 15.3 Å². The van der Waals surface area contributed by atoms with Crippen molar-refractivity contribution in [2.75, 3.05) is 26.7 Å². The summed E-state index contributed by atoms with van der Waals surface area (Å²) in [6.45, 7) is 26.0. The van der Waals surface area contributed by atoms with Crippen LogP contribution in [0.5, 0.6) is 0 Å². The number of nitrogens with one attached hydrogen (secondary N) is 1. The number of hydrogen-bond donors (Lipinski definition) is 1. The summed E-state index contributed by atoms with van der Waals surface area (Å²) in [5.74, 6) is 0.407. The van der Waals surface area contributed by atoms with Gasteiger partial charge in [0, 0.05) is 19.6 Å². The molecule has 6 heteroatoms. The van der Waals surface area contributed by atoms with Gasteiger partial charge in [-0.1, -0.05) is 59.4 Å². The molecule has 1 atom stereocenters. The monoisotopic (exact) mass is 421 g/mol. The minimum Gasteiger partial charge on any atom is -0.480 e. The van der Waals surface area contributed by atoms with Crippen molar-refractivity contribution in [3.63, 3.8) is 0 Å². The molecule has 1 unspecified atom stereocenters. The van der Waals surface area contributed by atoms with E-state index >= 15 is 0 Å². The first-order valence-corrected chi connectivity index (χ1v) is 13.4. The van der Waals surface area contributed by atoms with Crippen LogP contribution in [0.3, 0.4) is 0 Å². The lowest BCUT2D eigenvalue weighted by Crippen LogP contribution is -2.66. The number of methoxy groups -OCH3 is 1. The Balaban J connectivity index is 2.97. The third kappa shape index (κ3) is 6.62. The second-order valence-corrected chi connectivity index (χ2v) is 15.2.